The van der Waals surface area contributed by atoms with E-state index >= 15 is 0 Å². The number of likely N-dealkylation sites (tertiary alicyclic amines) is 1. The Morgan fingerprint density at radius 3 is 2.81 bits per heavy atom. The van der Waals surface area contributed by atoms with Gasteiger partial charge in [0.1, 0.15) is 0 Å². The first-order valence-corrected chi connectivity index (χ1v) is 10.00. The number of carbonyl (C=O) groups is 1. The summed E-state index contributed by atoms with van der Waals surface area (Å²) < 4.78 is 38.3. The lowest BCUT2D eigenvalue weighted by molar-refractivity contribution is -0.137. The molecule has 1 aromatic carbocycles. The lowest BCUT2D eigenvalue weighted by Crippen LogP contribution is -2.36. The molecule has 0 radical (unpaired) electrons. The Labute approximate surface area is 161 Å². The third-order valence-electron chi connectivity index (χ3n) is 4.87. The van der Waals surface area contributed by atoms with Crippen LogP contribution in [-0.2, 0) is 23.9 Å². The van der Waals surface area contributed by atoms with E-state index in [9.17, 15) is 18.0 Å². The molecule has 27 heavy (non-hydrogen) atoms. The summed E-state index contributed by atoms with van der Waals surface area (Å²) in [5, 5.41) is 5.25. The summed E-state index contributed by atoms with van der Waals surface area (Å²) in [7, 11) is 0. The zero-order valence-corrected chi connectivity index (χ0v) is 15.8. The number of halogens is 3. The van der Waals surface area contributed by atoms with E-state index in [1.54, 1.807) is 17.4 Å². The Kier molecular flexibility index (Phi) is 6.55. The van der Waals surface area contributed by atoms with E-state index < -0.39 is 11.7 Å². The molecule has 1 saturated heterocycles. The number of carbonyl (C=O) groups excluding carboxylic acids is 1. The van der Waals surface area contributed by atoms with Crippen molar-refractivity contribution in [3.8, 4) is 0 Å². The van der Waals surface area contributed by atoms with Gasteiger partial charge in [-0.3, -0.25) is 4.79 Å². The molecule has 1 fully saturated rings. The van der Waals surface area contributed by atoms with E-state index in [4.69, 9.17) is 0 Å². The van der Waals surface area contributed by atoms with Crippen molar-refractivity contribution in [1.82, 2.24) is 10.2 Å². The first-order valence-electron chi connectivity index (χ1n) is 9.12. The van der Waals surface area contributed by atoms with Gasteiger partial charge in [-0.1, -0.05) is 24.3 Å². The number of alkyl halides is 3. The normalized spacial score (nSPS) is 17.7. The minimum atomic E-state index is -4.32. The summed E-state index contributed by atoms with van der Waals surface area (Å²) in [4.78, 5) is 15.4. The Balaban J connectivity index is 1.44. The number of rotatable bonds is 8. The Hall–Kier alpha value is -1.86. The van der Waals surface area contributed by atoms with Gasteiger partial charge in [-0.2, -0.15) is 13.2 Å². The van der Waals surface area contributed by atoms with Crippen LogP contribution < -0.4 is 5.32 Å². The summed E-state index contributed by atoms with van der Waals surface area (Å²) in [6, 6.07) is 9.69. The number of benzene rings is 1. The highest BCUT2D eigenvalue weighted by Gasteiger charge is 2.31. The second-order valence-electron chi connectivity index (χ2n) is 6.77. The van der Waals surface area contributed by atoms with Crippen molar-refractivity contribution in [3.63, 3.8) is 0 Å². The van der Waals surface area contributed by atoms with Gasteiger partial charge in [-0.05, 0) is 48.9 Å². The zero-order chi connectivity index (χ0) is 19.3. The third kappa shape index (κ3) is 5.56. The van der Waals surface area contributed by atoms with Crippen LogP contribution in [0.25, 0.3) is 0 Å². The fourth-order valence-corrected chi connectivity index (χ4v) is 4.14. The van der Waals surface area contributed by atoms with Gasteiger partial charge in [0.25, 0.3) is 0 Å². The molecule has 0 saturated carbocycles. The highest BCUT2D eigenvalue weighted by molar-refractivity contribution is 7.09. The Morgan fingerprint density at radius 2 is 2.07 bits per heavy atom. The molecule has 1 atom stereocenters. The summed E-state index contributed by atoms with van der Waals surface area (Å²) in [6.45, 7) is 1.79. The average molecular weight is 396 g/mol. The molecule has 0 bridgehead atoms. The van der Waals surface area contributed by atoms with Crippen molar-refractivity contribution in [2.75, 3.05) is 13.1 Å². The Morgan fingerprint density at radius 1 is 1.22 bits per heavy atom. The van der Waals surface area contributed by atoms with Crippen molar-refractivity contribution in [2.45, 2.75) is 44.4 Å². The van der Waals surface area contributed by atoms with E-state index in [0.717, 1.165) is 31.9 Å². The maximum Gasteiger partial charge on any atom is 0.416 e. The van der Waals surface area contributed by atoms with Crippen LogP contribution in [0.15, 0.2) is 41.8 Å². The summed E-state index contributed by atoms with van der Waals surface area (Å²) in [5.41, 5.74) is -0.00943. The molecule has 0 unspecified atom stereocenters. The average Bonchev–Trinajstić information content (AvgIpc) is 3.26. The minimum Gasteiger partial charge on any atom is -0.339 e. The SMILES string of the molecule is O=C1CC[C@@H](CCNCc2cccc(C(F)(F)F)c2)N1CCc1cccs1. The lowest BCUT2D eigenvalue weighted by Gasteiger charge is -2.25. The number of amides is 1. The quantitative estimate of drug-likeness (QED) is 0.668. The summed E-state index contributed by atoms with van der Waals surface area (Å²) >= 11 is 1.70. The van der Waals surface area contributed by atoms with E-state index in [2.05, 4.69) is 11.4 Å². The standard InChI is InChI=1S/C20H23F3N2OS/c21-20(22,23)16-4-1-3-15(13-16)14-24-10-8-17-6-7-19(26)25(17)11-9-18-5-2-12-27-18/h1-5,12-13,17,24H,6-11,14H2/t17-/m0/s1. The predicted octanol–water partition coefficient (Wildman–Crippen LogP) is 4.48. The molecule has 0 aliphatic carbocycles. The maximum absolute atomic E-state index is 12.8. The van der Waals surface area contributed by atoms with E-state index in [0.29, 0.717) is 25.1 Å². The van der Waals surface area contributed by atoms with Crippen molar-refractivity contribution < 1.29 is 18.0 Å². The summed E-state index contributed by atoms with van der Waals surface area (Å²) in [6.07, 6.45) is -1.19. The smallest absolute Gasteiger partial charge is 0.339 e. The molecular weight excluding hydrogens is 373 g/mol. The zero-order valence-electron chi connectivity index (χ0n) is 15.0. The molecule has 2 heterocycles. The fourth-order valence-electron chi connectivity index (χ4n) is 3.45. The number of nitrogens with zero attached hydrogens (tertiary/aromatic N) is 1. The second kappa shape index (κ2) is 8.89. The van der Waals surface area contributed by atoms with E-state index in [1.807, 2.05) is 16.3 Å². The molecule has 1 amide bonds. The predicted molar refractivity (Wildman–Crippen MR) is 101 cm³/mol. The molecule has 2 aromatic rings. The summed E-state index contributed by atoms with van der Waals surface area (Å²) in [5.74, 6) is 0.203. The Bertz CT molecular complexity index is 746. The van der Waals surface area contributed by atoms with Gasteiger partial charge in [0.15, 0.2) is 0 Å². The van der Waals surface area contributed by atoms with Crippen LogP contribution in [0, 0.1) is 0 Å². The van der Waals surface area contributed by atoms with Crippen LogP contribution in [0.4, 0.5) is 13.2 Å². The molecule has 146 valence electrons. The van der Waals surface area contributed by atoms with Crippen LogP contribution >= 0.6 is 11.3 Å². The molecule has 1 aliphatic heterocycles. The minimum absolute atomic E-state index is 0.203. The van der Waals surface area contributed by atoms with Gasteiger partial charge < -0.3 is 10.2 Å². The van der Waals surface area contributed by atoms with E-state index in [-0.39, 0.29) is 11.9 Å². The highest BCUT2D eigenvalue weighted by Crippen LogP contribution is 2.29. The van der Waals surface area contributed by atoms with Crippen molar-refractivity contribution in [1.29, 1.82) is 0 Å². The van der Waals surface area contributed by atoms with Crippen LogP contribution in [0.2, 0.25) is 0 Å². The van der Waals surface area contributed by atoms with Crippen LogP contribution in [0.5, 0.6) is 0 Å². The fraction of sp³-hybridized carbons (Fsp3) is 0.450. The van der Waals surface area contributed by atoms with Crippen LogP contribution in [0.1, 0.15) is 35.3 Å². The second-order valence-corrected chi connectivity index (χ2v) is 7.80. The molecule has 1 N–H and O–H groups in total. The van der Waals surface area contributed by atoms with Crippen LogP contribution in [0.3, 0.4) is 0 Å². The molecular formula is C20H23F3N2OS. The molecule has 1 aromatic heterocycles. The van der Waals surface area contributed by atoms with Gasteiger partial charge in [0.2, 0.25) is 5.91 Å². The number of hydrogen-bond acceptors (Lipinski definition) is 3. The van der Waals surface area contributed by atoms with Crippen molar-refractivity contribution >= 4 is 17.2 Å². The number of thiophene rings is 1. The molecule has 1 aliphatic rings. The van der Waals surface area contributed by atoms with Gasteiger partial charge in [-0.25, -0.2) is 0 Å². The topological polar surface area (TPSA) is 32.3 Å². The van der Waals surface area contributed by atoms with Crippen LogP contribution in [-0.4, -0.2) is 29.9 Å². The van der Waals surface area contributed by atoms with E-state index in [1.165, 1.54) is 17.0 Å². The van der Waals surface area contributed by atoms with Gasteiger partial charge in [0.05, 0.1) is 5.56 Å². The first-order chi connectivity index (χ1) is 12.9. The van der Waals surface area contributed by atoms with Gasteiger partial charge in [0, 0.05) is 30.4 Å². The van der Waals surface area contributed by atoms with Crippen molar-refractivity contribution in [2.24, 2.45) is 0 Å². The van der Waals surface area contributed by atoms with Gasteiger partial charge >= 0.3 is 6.18 Å². The molecule has 0 spiro atoms. The highest BCUT2D eigenvalue weighted by atomic mass is 32.1. The molecule has 3 nitrogen and oxygen atoms in total. The van der Waals surface area contributed by atoms with Gasteiger partial charge in [-0.15, -0.1) is 11.3 Å². The first kappa shape index (κ1) is 19.9. The monoisotopic (exact) mass is 396 g/mol. The number of hydrogen-bond donors (Lipinski definition) is 1. The largest absolute Gasteiger partial charge is 0.416 e. The maximum atomic E-state index is 12.8. The molecule has 3 rings (SSSR count). The number of nitrogens with one attached hydrogen (secondary N) is 1. The molecule has 7 heteroatoms. The lowest BCUT2D eigenvalue weighted by atomic mass is 10.1. The third-order valence-corrected chi connectivity index (χ3v) is 5.81. The van der Waals surface area contributed by atoms with Crippen molar-refractivity contribution in [3.05, 3.63) is 57.8 Å².